The van der Waals surface area contributed by atoms with E-state index in [0.29, 0.717) is 19.8 Å². The Morgan fingerprint density at radius 1 is 0.829 bits per heavy atom. The first-order chi connectivity index (χ1) is 20.2. The van der Waals surface area contributed by atoms with Gasteiger partial charge in [0.05, 0.1) is 32.5 Å². The van der Waals surface area contributed by atoms with E-state index >= 15 is 0 Å². The molecule has 0 unspecified atom stereocenters. The van der Waals surface area contributed by atoms with Crippen LogP contribution < -0.4 is 10.6 Å². The molecule has 2 fully saturated rings. The highest BCUT2D eigenvalue weighted by molar-refractivity contribution is 5.82. The molecular formula is C33H40N2O6. The average molecular weight is 561 g/mol. The van der Waals surface area contributed by atoms with Crippen molar-refractivity contribution in [3.63, 3.8) is 0 Å². The maximum absolute atomic E-state index is 13.3. The highest BCUT2D eigenvalue weighted by Gasteiger charge is 2.49. The van der Waals surface area contributed by atoms with Crippen molar-refractivity contribution in [2.45, 2.75) is 69.3 Å². The second-order valence-corrected chi connectivity index (χ2v) is 10.5. The summed E-state index contributed by atoms with van der Waals surface area (Å²) >= 11 is 0. The third-order valence-electron chi connectivity index (χ3n) is 7.53. The average Bonchev–Trinajstić information content (AvgIpc) is 3.57. The molecule has 0 radical (unpaired) electrons. The van der Waals surface area contributed by atoms with Gasteiger partial charge in [0.1, 0.15) is 24.4 Å². The van der Waals surface area contributed by atoms with Crippen LogP contribution in [0.4, 0.5) is 0 Å². The van der Waals surface area contributed by atoms with Gasteiger partial charge in [-0.1, -0.05) is 91.0 Å². The summed E-state index contributed by atoms with van der Waals surface area (Å²) in [6.07, 6.45) is -0.591. The zero-order valence-corrected chi connectivity index (χ0v) is 23.5. The van der Waals surface area contributed by atoms with Crippen molar-refractivity contribution in [2.24, 2.45) is 0 Å². The molecule has 1 amide bonds. The molecule has 0 aromatic heterocycles. The summed E-state index contributed by atoms with van der Waals surface area (Å²) in [4.78, 5) is 13.3. The van der Waals surface area contributed by atoms with Gasteiger partial charge in [0.25, 0.3) is 0 Å². The molecule has 2 heterocycles. The molecule has 0 aliphatic carbocycles. The molecule has 5 rings (SSSR count). The Bertz CT molecular complexity index is 1180. The maximum atomic E-state index is 13.3. The number of methoxy groups -OCH3 is 1. The molecule has 2 saturated heterocycles. The first kappa shape index (κ1) is 29.4. The van der Waals surface area contributed by atoms with Gasteiger partial charge in [-0.05, 0) is 36.1 Å². The van der Waals surface area contributed by atoms with E-state index in [0.717, 1.165) is 36.1 Å². The maximum Gasteiger partial charge on any atom is 0.237 e. The normalized spacial score (nSPS) is 26.1. The van der Waals surface area contributed by atoms with Gasteiger partial charge in [0.15, 0.2) is 6.29 Å². The molecular weight excluding hydrogens is 520 g/mol. The predicted molar refractivity (Wildman–Crippen MR) is 155 cm³/mol. The van der Waals surface area contributed by atoms with Gasteiger partial charge in [0, 0.05) is 7.11 Å². The zero-order chi connectivity index (χ0) is 28.3. The van der Waals surface area contributed by atoms with Crippen LogP contribution in [0, 0.1) is 0 Å². The highest BCUT2D eigenvalue weighted by Crippen LogP contribution is 2.29. The SMILES string of the molecule is CO[C@H]1O[C@H](COCc2ccccc2)[C@@H](OCc2ccccc2)[C@H](OCc2ccccc2)[C@H]1NC(=O)[C@@H]1CCCN1. The highest BCUT2D eigenvalue weighted by atomic mass is 16.7. The Morgan fingerprint density at radius 2 is 1.39 bits per heavy atom. The van der Waals surface area contributed by atoms with Crippen LogP contribution in [0.5, 0.6) is 0 Å². The summed E-state index contributed by atoms with van der Waals surface area (Å²) < 4.78 is 31.5. The zero-order valence-electron chi connectivity index (χ0n) is 23.5. The minimum Gasteiger partial charge on any atom is -0.374 e. The van der Waals surface area contributed by atoms with E-state index in [-0.39, 0.29) is 18.6 Å². The van der Waals surface area contributed by atoms with Gasteiger partial charge in [-0.2, -0.15) is 0 Å². The molecule has 2 N–H and O–H groups in total. The fourth-order valence-corrected chi connectivity index (χ4v) is 5.37. The Hall–Kier alpha value is -3.11. The van der Waals surface area contributed by atoms with Crippen molar-refractivity contribution >= 4 is 5.91 Å². The van der Waals surface area contributed by atoms with E-state index in [4.69, 9.17) is 23.7 Å². The first-order valence-electron chi connectivity index (χ1n) is 14.4. The molecule has 0 spiro atoms. The summed E-state index contributed by atoms with van der Waals surface area (Å²) in [6.45, 7) is 2.23. The topological polar surface area (TPSA) is 87.3 Å². The lowest BCUT2D eigenvalue weighted by molar-refractivity contribution is -0.284. The lowest BCUT2D eigenvalue weighted by Crippen LogP contribution is -2.67. The molecule has 3 aromatic carbocycles. The summed E-state index contributed by atoms with van der Waals surface area (Å²) in [6, 6.07) is 29.1. The molecule has 8 heteroatoms. The quantitative estimate of drug-likeness (QED) is 0.327. The number of ether oxygens (including phenoxy) is 5. The van der Waals surface area contributed by atoms with Crippen LogP contribution in [0.3, 0.4) is 0 Å². The van der Waals surface area contributed by atoms with Crippen LogP contribution in [0.2, 0.25) is 0 Å². The van der Waals surface area contributed by atoms with Crippen molar-refractivity contribution < 1.29 is 28.5 Å². The fourth-order valence-electron chi connectivity index (χ4n) is 5.37. The van der Waals surface area contributed by atoms with Gasteiger partial charge >= 0.3 is 0 Å². The van der Waals surface area contributed by atoms with Crippen molar-refractivity contribution in [1.29, 1.82) is 0 Å². The van der Waals surface area contributed by atoms with Crippen molar-refractivity contribution in [1.82, 2.24) is 10.6 Å². The third-order valence-corrected chi connectivity index (χ3v) is 7.53. The van der Waals surface area contributed by atoms with Gasteiger partial charge in [-0.15, -0.1) is 0 Å². The Labute approximate surface area is 242 Å². The van der Waals surface area contributed by atoms with E-state index in [1.807, 2.05) is 91.0 Å². The van der Waals surface area contributed by atoms with Crippen molar-refractivity contribution in [2.75, 3.05) is 20.3 Å². The summed E-state index contributed by atoms with van der Waals surface area (Å²) in [5.74, 6) is -0.0907. The van der Waals surface area contributed by atoms with Crippen LogP contribution in [-0.4, -0.2) is 62.9 Å². The number of amides is 1. The summed E-state index contributed by atoms with van der Waals surface area (Å²) in [5.41, 5.74) is 3.12. The lowest BCUT2D eigenvalue weighted by Gasteiger charge is -2.46. The number of hydrogen-bond acceptors (Lipinski definition) is 7. The Balaban J connectivity index is 1.39. The van der Waals surface area contributed by atoms with Crippen LogP contribution in [0.1, 0.15) is 29.5 Å². The number of carbonyl (C=O) groups excluding carboxylic acids is 1. The lowest BCUT2D eigenvalue weighted by atomic mass is 9.95. The van der Waals surface area contributed by atoms with E-state index in [9.17, 15) is 4.79 Å². The third kappa shape index (κ3) is 8.23. The minimum atomic E-state index is -0.747. The monoisotopic (exact) mass is 560 g/mol. The largest absolute Gasteiger partial charge is 0.374 e. The van der Waals surface area contributed by atoms with Crippen LogP contribution >= 0.6 is 0 Å². The second-order valence-electron chi connectivity index (χ2n) is 10.5. The summed E-state index contributed by atoms with van der Waals surface area (Å²) in [5, 5.41) is 6.46. The number of nitrogens with one attached hydrogen (secondary N) is 2. The second kappa shape index (κ2) is 15.2. The van der Waals surface area contributed by atoms with Crippen molar-refractivity contribution in [3.05, 3.63) is 108 Å². The Kier molecular flexibility index (Phi) is 10.9. The molecule has 6 atom stereocenters. The smallest absolute Gasteiger partial charge is 0.237 e. The molecule has 218 valence electrons. The number of hydrogen-bond donors (Lipinski definition) is 2. The van der Waals surface area contributed by atoms with E-state index in [1.54, 1.807) is 7.11 Å². The minimum absolute atomic E-state index is 0.0907. The molecule has 0 bridgehead atoms. The Morgan fingerprint density at radius 3 is 1.93 bits per heavy atom. The van der Waals surface area contributed by atoms with Crippen molar-refractivity contribution in [3.8, 4) is 0 Å². The van der Waals surface area contributed by atoms with Gasteiger partial charge in [-0.3, -0.25) is 4.79 Å². The number of benzene rings is 3. The predicted octanol–water partition coefficient (Wildman–Crippen LogP) is 3.98. The van der Waals surface area contributed by atoms with E-state index in [2.05, 4.69) is 10.6 Å². The molecule has 2 aliphatic heterocycles. The van der Waals surface area contributed by atoms with Gasteiger partial charge in [-0.25, -0.2) is 0 Å². The molecule has 41 heavy (non-hydrogen) atoms. The first-order valence-corrected chi connectivity index (χ1v) is 14.4. The number of carbonyl (C=O) groups is 1. The molecule has 3 aromatic rings. The summed E-state index contributed by atoms with van der Waals surface area (Å²) in [7, 11) is 1.58. The molecule has 8 nitrogen and oxygen atoms in total. The van der Waals surface area contributed by atoms with Gasteiger partial charge in [0.2, 0.25) is 5.91 Å². The fraction of sp³-hybridized carbons (Fsp3) is 0.424. The van der Waals surface area contributed by atoms with Crippen LogP contribution in [0.25, 0.3) is 0 Å². The van der Waals surface area contributed by atoms with E-state index in [1.165, 1.54) is 0 Å². The molecule has 0 saturated carbocycles. The molecule has 2 aliphatic rings. The van der Waals surface area contributed by atoms with E-state index < -0.39 is 30.6 Å². The van der Waals surface area contributed by atoms with Gasteiger partial charge < -0.3 is 34.3 Å². The number of rotatable bonds is 13. The van der Waals surface area contributed by atoms with Crippen LogP contribution in [-0.2, 0) is 48.3 Å². The standard InChI is InChI=1S/C33H40N2O6/c1-37-33-29(35-32(36)27-18-11-19-34-27)31(40-22-26-16-9-4-10-17-26)30(39-21-25-14-7-3-8-15-25)28(41-33)23-38-20-24-12-5-2-6-13-24/h2-10,12-17,27-31,33-34H,11,18-23H2,1H3,(H,35,36)/t27-,28+,29+,30+,31+,33-/m0/s1. The van der Waals surface area contributed by atoms with Crippen LogP contribution in [0.15, 0.2) is 91.0 Å².